The molecule has 5 heteroatoms. The number of carbonyl (C=O) groups excluding carboxylic acids is 1. The summed E-state index contributed by atoms with van der Waals surface area (Å²) in [5.41, 5.74) is 1.01. The number of rotatable bonds is 7. The minimum atomic E-state index is -1.00. The minimum absolute atomic E-state index is 0.186. The molecule has 0 bridgehead atoms. The van der Waals surface area contributed by atoms with Crippen molar-refractivity contribution in [1.29, 1.82) is 0 Å². The summed E-state index contributed by atoms with van der Waals surface area (Å²) in [5, 5.41) is 20.9. The van der Waals surface area contributed by atoms with Crippen LogP contribution in [0.15, 0.2) is 30.3 Å². The highest BCUT2D eigenvalue weighted by Gasteiger charge is 2.27. The van der Waals surface area contributed by atoms with Gasteiger partial charge in [0.2, 0.25) is 5.91 Å². The fourth-order valence-electron chi connectivity index (χ4n) is 1.83. The lowest BCUT2D eigenvalue weighted by Gasteiger charge is -2.21. The Bertz CT molecular complexity index is 446. The molecule has 3 N–H and O–H groups in total. The first-order valence-electron chi connectivity index (χ1n) is 6.63. The average molecular weight is 279 g/mol. The van der Waals surface area contributed by atoms with Crippen molar-refractivity contribution in [2.45, 2.75) is 26.3 Å². The van der Waals surface area contributed by atoms with Gasteiger partial charge in [-0.25, -0.2) is 0 Å². The lowest BCUT2D eigenvalue weighted by Crippen LogP contribution is -2.44. The summed E-state index contributed by atoms with van der Waals surface area (Å²) >= 11 is 0. The maximum Gasteiger partial charge on any atom is 0.307 e. The van der Waals surface area contributed by atoms with Gasteiger partial charge in [0, 0.05) is 5.92 Å². The first kappa shape index (κ1) is 16.2. The molecule has 0 saturated carbocycles. The van der Waals surface area contributed by atoms with E-state index in [0.717, 1.165) is 5.56 Å². The van der Waals surface area contributed by atoms with Gasteiger partial charge in [0.25, 0.3) is 0 Å². The van der Waals surface area contributed by atoms with Gasteiger partial charge in [0.05, 0.1) is 18.6 Å². The van der Waals surface area contributed by atoms with E-state index >= 15 is 0 Å². The molecule has 0 aliphatic heterocycles. The van der Waals surface area contributed by atoms with E-state index in [4.69, 9.17) is 5.11 Å². The molecular weight excluding hydrogens is 258 g/mol. The summed E-state index contributed by atoms with van der Waals surface area (Å²) < 4.78 is 0. The number of carboxylic acids is 1. The van der Waals surface area contributed by atoms with Gasteiger partial charge >= 0.3 is 5.97 Å². The van der Waals surface area contributed by atoms with Crippen LogP contribution in [-0.2, 0) is 16.0 Å². The Morgan fingerprint density at radius 3 is 2.25 bits per heavy atom. The summed E-state index contributed by atoms with van der Waals surface area (Å²) in [4.78, 5) is 22.8. The van der Waals surface area contributed by atoms with Crippen LogP contribution < -0.4 is 5.32 Å². The quantitative estimate of drug-likeness (QED) is 0.696. The topological polar surface area (TPSA) is 86.6 Å². The fraction of sp³-hybridized carbons (Fsp3) is 0.467. The zero-order chi connectivity index (χ0) is 15.1. The fourth-order valence-corrected chi connectivity index (χ4v) is 1.83. The molecule has 0 aromatic heterocycles. The Morgan fingerprint density at radius 1 is 1.15 bits per heavy atom. The number of aliphatic hydroxyl groups excluding tert-OH is 1. The molecule has 0 aliphatic rings. The number of aliphatic hydroxyl groups is 1. The number of amides is 1. The zero-order valence-corrected chi connectivity index (χ0v) is 11.7. The highest BCUT2D eigenvalue weighted by Crippen LogP contribution is 2.12. The zero-order valence-electron chi connectivity index (χ0n) is 11.7. The molecule has 110 valence electrons. The normalized spacial score (nSPS) is 15.2. The summed E-state index contributed by atoms with van der Waals surface area (Å²) in [7, 11) is 0. The van der Waals surface area contributed by atoms with Gasteiger partial charge in [-0.3, -0.25) is 9.59 Å². The van der Waals surface area contributed by atoms with E-state index in [1.54, 1.807) is 6.92 Å². The molecule has 1 amide bonds. The smallest absolute Gasteiger partial charge is 0.307 e. The first-order chi connectivity index (χ1) is 9.45. The molecule has 0 saturated heterocycles. The second-order valence-electron chi connectivity index (χ2n) is 4.99. The molecule has 0 radical (unpaired) electrons. The largest absolute Gasteiger partial charge is 0.481 e. The predicted octanol–water partition coefficient (Wildman–Crippen LogP) is 1.06. The number of hydrogen-bond acceptors (Lipinski definition) is 3. The summed E-state index contributed by atoms with van der Waals surface area (Å²) in [6, 6.07) is 9.10. The Labute approximate surface area is 118 Å². The van der Waals surface area contributed by atoms with Crippen molar-refractivity contribution in [3.05, 3.63) is 35.9 Å². The molecule has 5 nitrogen and oxygen atoms in total. The molecule has 1 rings (SSSR count). The maximum atomic E-state index is 12.0. The van der Waals surface area contributed by atoms with Crippen LogP contribution in [0.3, 0.4) is 0 Å². The Morgan fingerprint density at radius 2 is 1.75 bits per heavy atom. The van der Waals surface area contributed by atoms with Gasteiger partial charge in [-0.1, -0.05) is 44.2 Å². The van der Waals surface area contributed by atoms with Gasteiger partial charge < -0.3 is 15.5 Å². The standard InChI is InChI=1S/C15H21NO4/c1-10(11(2)15(19)20)14(18)16-13(9-17)8-12-6-4-3-5-7-12/h3-7,10-11,13,17H,8-9H2,1-2H3,(H,16,18)(H,19,20). The van der Waals surface area contributed by atoms with Crippen molar-refractivity contribution in [2.75, 3.05) is 6.61 Å². The van der Waals surface area contributed by atoms with Gasteiger partial charge in [-0.05, 0) is 12.0 Å². The van der Waals surface area contributed by atoms with Crippen molar-refractivity contribution in [1.82, 2.24) is 5.32 Å². The molecule has 0 fully saturated rings. The lowest BCUT2D eigenvalue weighted by molar-refractivity contribution is -0.146. The molecular formula is C15H21NO4. The third kappa shape index (κ3) is 4.66. The van der Waals surface area contributed by atoms with Crippen LogP contribution in [-0.4, -0.2) is 34.7 Å². The molecule has 3 atom stereocenters. The number of benzene rings is 1. The predicted molar refractivity (Wildman–Crippen MR) is 75.1 cm³/mol. The van der Waals surface area contributed by atoms with E-state index in [9.17, 15) is 14.7 Å². The lowest BCUT2D eigenvalue weighted by atomic mass is 9.94. The van der Waals surface area contributed by atoms with Gasteiger partial charge in [-0.2, -0.15) is 0 Å². The van der Waals surface area contributed by atoms with E-state index in [1.807, 2.05) is 30.3 Å². The number of nitrogens with one attached hydrogen (secondary N) is 1. The van der Waals surface area contributed by atoms with Crippen LogP contribution in [0.5, 0.6) is 0 Å². The van der Waals surface area contributed by atoms with Gasteiger partial charge in [0.1, 0.15) is 0 Å². The molecule has 1 aromatic carbocycles. The van der Waals surface area contributed by atoms with Crippen molar-refractivity contribution >= 4 is 11.9 Å². The summed E-state index contributed by atoms with van der Waals surface area (Å²) in [5.74, 6) is -2.76. The van der Waals surface area contributed by atoms with Crippen molar-refractivity contribution < 1.29 is 19.8 Å². The second kappa shape index (κ2) is 7.65. The van der Waals surface area contributed by atoms with Crippen LogP contribution in [0, 0.1) is 11.8 Å². The highest BCUT2D eigenvalue weighted by atomic mass is 16.4. The van der Waals surface area contributed by atoms with E-state index in [2.05, 4.69) is 5.32 Å². The Kier molecular flexibility index (Phi) is 6.18. The monoisotopic (exact) mass is 279 g/mol. The summed E-state index contributed by atoms with van der Waals surface area (Å²) in [6.07, 6.45) is 0.511. The number of aliphatic carboxylic acids is 1. The van der Waals surface area contributed by atoms with Gasteiger partial charge in [-0.15, -0.1) is 0 Å². The van der Waals surface area contributed by atoms with Crippen LogP contribution in [0.25, 0.3) is 0 Å². The molecule has 0 aliphatic carbocycles. The van der Waals surface area contributed by atoms with E-state index in [-0.39, 0.29) is 12.5 Å². The van der Waals surface area contributed by atoms with E-state index in [0.29, 0.717) is 6.42 Å². The first-order valence-corrected chi connectivity index (χ1v) is 6.63. The van der Waals surface area contributed by atoms with Crippen molar-refractivity contribution in [2.24, 2.45) is 11.8 Å². The second-order valence-corrected chi connectivity index (χ2v) is 4.99. The Hall–Kier alpha value is -1.88. The van der Waals surface area contributed by atoms with Crippen LogP contribution in [0.1, 0.15) is 19.4 Å². The van der Waals surface area contributed by atoms with Gasteiger partial charge in [0.15, 0.2) is 0 Å². The minimum Gasteiger partial charge on any atom is -0.481 e. The van der Waals surface area contributed by atoms with Crippen LogP contribution in [0.4, 0.5) is 0 Å². The molecule has 1 aromatic rings. The third-order valence-corrected chi connectivity index (χ3v) is 3.44. The number of hydrogen-bond donors (Lipinski definition) is 3. The molecule has 3 unspecified atom stereocenters. The third-order valence-electron chi connectivity index (χ3n) is 3.44. The Balaban J connectivity index is 2.60. The van der Waals surface area contributed by atoms with E-state index in [1.165, 1.54) is 6.92 Å². The van der Waals surface area contributed by atoms with E-state index < -0.39 is 23.8 Å². The highest BCUT2D eigenvalue weighted by molar-refractivity contribution is 5.84. The number of carbonyl (C=O) groups is 2. The SMILES string of the molecule is CC(C(=O)O)C(C)C(=O)NC(CO)Cc1ccccc1. The average Bonchev–Trinajstić information content (AvgIpc) is 2.45. The van der Waals surface area contributed by atoms with Crippen molar-refractivity contribution in [3.63, 3.8) is 0 Å². The van der Waals surface area contributed by atoms with Crippen LogP contribution >= 0.6 is 0 Å². The van der Waals surface area contributed by atoms with Crippen molar-refractivity contribution in [3.8, 4) is 0 Å². The summed E-state index contributed by atoms with van der Waals surface area (Å²) in [6.45, 7) is 2.89. The molecule has 0 heterocycles. The van der Waals surface area contributed by atoms with Crippen LogP contribution in [0.2, 0.25) is 0 Å². The molecule has 0 spiro atoms. The maximum absolute atomic E-state index is 12.0. The molecule has 20 heavy (non-hydrogen) atoms. The number of carboxylic acid groups (broad SMARTS) is 1.